The average Bonchev–Trinajstić information content (AvgIpc) is 2.66. The highest BCUT2D eigenvalue weighted by molar-refractivity contribution is 5.78. The minimum absolute atomic E-state index is 0.000873. The van der Waals surface area contributed by atoms with Gasteiger partial charge in [0.05, 0.1) is 6.10 Å². The van der Waals surface area contributed by atoms with E-state index < -0.39 is 0 Å². The molecule has 0 heterocycles. The van der Waals surface area contributed by atoms with Crippen molar-refractivity contribution in [3.8, 4) is 16.9 Å². The van der Waals surface area contributed by atoms with E-state index in [1.807, 2.05) is 54.6 Å². The molecule has 0 aliphatic heterocycles. The Labute approximate surface area is 148 Å². The first-order valence-corrected chi connectivity index (χ1v) is 8.94. The average molecular weight is 339 g/mol. The fourth-order valence-electron chi connectivity index (χ4n) is 3.35. The molecule has 1 aliphatic carbocycles. The number of benzene rings is 2. The molecule has 1 fully saturated rings. The Hall–Kier alpha value is -2.33. The molecule has 25 heavy (non-hydrogen) atoms. The van der Waals surface area contributed by atoms with Crippen molar-refractivity contribution in [1.82, 2.24) is 5.32 Å². The largest absolute Gasteiger partial charge is 0.483 e. The molecule has 2 N–H and O–H groups in total. The number of aliphatic hydroxyl groups is 1. The maximum Gasteiger partial charge on any atom is 0.257 e. The van der Waals surface area contributed by atoms with E-state index in [9.17, 15) is 9.90 Å². The first-order chi connectivity index (χ1) is 12.2. The van der Waals surface area contributed by atoms with Gasteiger partial charge >= 0.3 is 0 Å². The molecule has 0 radical (unpaired) electrons. The Balaban J connectivity index is 1.52. The number of nitrogens with one attached hydrogen (secondary N) is 1. The number of carbonyl (C=O) groups is 1. The summed E-state index contributed by atoms with van der Waals surface area (Å²) in [7, 11) is 0. The Morgan fingerprint density at radius 1 is 1.08 bits per heavy atom. The van der Waals surface area contributed by atoms with Crippen LogP contribution in [0.25, 0.3) is 11.1 Å². The van der Waals surface area contributed by atoms with E-state index in [0.29, 0.717) is 18.2 Å². The first kappa shape index (κ1) is 17.5. The fraction of sp³-hybridized carbons (Fsp3) is 0.381. The number of amides is 1. The van der Waals surface area contributed by atoms with Crippen LogP contribution < -0.4 is 10.1 Å². The van der Waals surface area contributed by atoms with Gasteiger partial charge in [-0.2, -0.15) is 0 Å². The first-order valence-electron chi connectivity index (χ1n) is 8.94. The molecular formula is C21H25NO3. The molecule has 3 rings (SSSR count). The van der Waals surface area contributed by atoms with E-state index >= 15 is 0 Å². The summed E-state index contributed by atoms with van der Waals surface area (Å²) in [5.74, 6) is 0.948. The van der Waals surface area contributed by atoms with Gasteiger partial charge in [-0.15, -0.1) is 0 Å². The molecule has 4 nitrogen and oxygen atoms in total. The summed E-state index contributed by atoms with van der Waals surface area (Å²) in [4.78, 5) is 12.1. The second-order valence-corrected chi connectivity index (χ2v) is 6.64. The standard InChI is InChI=1S/C21H25NO3/c23-18-10-6-7-16(13-18)14-22-21(24)15-25-20-12-5-4-11-19(20)17-8-2-1-3-9-17/h1-5,8-9,11-12,16,18,23H,6-7,10,13-15H2,(H,22,24). The highest BCUT2D eigenvalue weighted by Crippen LogP contribution is 2.29. The van der Waals surface area contributed by atoms with Crippen molar-refractivity contribution in [2.45, 2.75) is 31.8 Å². The molecule has 2 aromatic carbocycles. The topological polar surface area (TPSA) is 58.6 Å². The SMILES string of the molecule is O=C(COc1ccccc1-c1ccccc1)NCC1CCCC(O)C1. The summed E-state index contributed by atoms with van der Waals surface area (Å²) in [6.07, 6.45) is 3.53. The molecule has 1 amide bonds. The van der Waals surface area contributed by atoms with Crippen molar-refractivity contribution < 1.29 is 14.6 Å². The van der Waals surface area contributed by atoms with Crippen molar-refractivity contribution in [2.75, 3.05) is 13.2 Å². The van der Waals surface area contributed by atoms with Crippen LogP contribution in [-0.2, 0) is 4.79 Å². The van der Waals surface area contributed by atoms with Crippen LogP contribution in [-0.4, -0.2) is 30.3 Å². The third-order valence-corrected chi connectivity index (χ3v) is 4.67. The highest BCUT2D eigenvalue weighted by atomic mass is 16.5. The number of hydrogen-bond donors (Lipinski definition) is 2. The van der Waals surface area contributed by atoms with Crippen LogP contribution in [0.3, 0.4) is 0 Å². The molecule has 2 atom stereocenters. The Kier molecular flexibility index (Phi) is 6.07. The molecule has 2 aromatic rings. The van der Waals surface area contributed by atoms with Crippen LogP contribution in [0.15, 0.2) is 54.6 Å². The number of hydrogen-bond acceptors (Lipinski definition) is 3. The molecule has 0 saturated heterocycles. The predicted octanol–water partition coefficient (Wildman–Crippen LogP) is 3.40. The number of aliphatic hydroxyl groups excluding tert-OH is 1. The summed E-state index contributed by atoms with van der Waals surface area (Å²) in [5, 5.41) is 12.6. The van der Waals surface area contributed by atoms with Gasteiger partial charge in [-0.1, -0.05) is 55.0 Å². The lowest BCUT2D eigenvalue weighted by Gasteiger charge is -2.25. The van der Waals surface area contributed by atoms with Crippen molar-refractivity contribution in [2.24, 2.45) is 5.92 Å². The van der Waals surface area contributed by atoms with Crippen LogP contribution in [0.5, 0.6) is 5.75 Å². The zero-order valence-corrected chi connectivity index (χ0v) is 14.4. The summed E-state index contributed by atoms with van der Waals surface area (Å²) in [6.45, 7) is 0.610. The van der Waals surface area contributed by atoms with Crippen LogP contribution in [0, 0.1) is 5.92 Å². The van der Waals surface area contributed by atoms with Crippen molar-refractivity contribution >= 4 is 5.91 Å². The van der Waals surface area contributed by atoms with Gasteiger partial charge in [-0.25, -0.2) is 0 Å². The van der Waals surface area contributed by atoms with E-state index in [0.717, 1.165) is 36.8 Å². The molecule has 0 aromatic heterocycles. The molecule has 1 aliphatic rings. The lowest BCUT2D eigenvalue weighted by atomic mass is 9.87. The summed E-state index contributed by atoms with van der Waals surface area (Å²) in [6, 6.07) is 17.7. The minimum atomic E-state index is -0.218. The van der Waals surface area contributed by atoms with Gasteiger partial charge in [-0.3, -0.25) is 4.79 Å². The van der Waals surface area contributed by atoms with Gasteiger partial charge in [0.15, 0.2) is 6.61 Å². The van der Waals surface area contributed by atoms with Gasteiger partial charge < -0.3 is 15.2 Å². The summed E-state index contributed by atoms with van der Waals surface area (Å²) in [5.41, 5.74) is 2.04. The van der Waals surface area contributed by atoms with E-state index in [1.165, 1.54) is 0 Å². The van der Waals surface area contributed by atoms with Gasteiger partial charge in [-0.05, 0) is 36.8 Å². The molecule has 0 bridgehead atoms. The number of carbonyl (C=O) groups excluding carboxylic acids is 1. The van der Waals surface area contributed by atoms with E-state index in [4.69, 9.17) is 4.74 Å². The number of para-hydroxylation sites is 1. The Bertz CT molecular complexity index is 687. The Morgan fingerprint density at radius 2 is 1.84 bits per heavy atom. The fourth-order valence-corrected chi connectivity index (χ4v) is 3.35. The molecule has 4 heteroatoms. The second-order valence-electron chi connectivity index (χ2n) is 6.64. The zero-order chi connectivity index (χ0) is 17.5. The van der Waals surface area contributed by atoms with Crippen LogP contribution in [0.2, 0.25) is 0 Å². The number of rotatable bonds is 6. The highest BCUT2D eigenvalue weighted by Gasteiger charge is 2.20. The monoisotopic (exact) mass is 339 g/mol. The van der Waals surface area contributed by atoms with Gasteiger partial charge in [0, 0.05) is 12.1 Å². The maximum atomic E-state index is 12.1. The van der Waals surface area contributed by atoms with Crippen molar-refractivity contribution in [3.63, 3.8) is 0 Å². The third kappa shape index (κ3) is 5.07. The normalized spacial score (nSPS) is 20.0. The van der Waals surface area contributed by atoms with Crippen molar-refractivity contribution in [3.05, 3.63) is 54.6 Å². The quantitative estimate of drug-likeness (QED) is 0.848. The van der Waals surface area contributed by atoms with Crippen LogP contribution in [0.4, 0.5) is 0 Å². The Morgan fingerprint density at radius 3 is 2.64 bits per heavy atom. The van der Waals surface area contributed by atoms with Gasteiger partial charge in [0.2, 0.25) is 0 Å². The molecule has 132 valence electrons. The summed E-state index contributed by atoms with van der Waals surface area (Å²) < 4.78 is 5.75. The second kappa shape index (κ2) is 8.67. The van der Waals surface area contributed by atoms with Crippen molar-refractivity contribution in [1.29, 1.82) is 0 Å². The molecule has 0 spiro atoms. The smallest absolute Gasteiger partial charge is 0.257 e. The summed E-state index contributed by atoms with van der Waals surface area (Å²) >= 11 is 0. The lowest BCUT2D eigenvalue weighted by molar-refractivity contribution is -0.123. The minimum Gasteiger partial charge on any atom is -0.483 e. The molecular weight excluding hydrogens is 314 g/mol. The van der Waals surface area contributed by atoms with E-state index in [2.05, 4.69) is 5.32 Å². The van der Waals surface area contributed by atoms with Crippen LogP contribution in [0.1, 0.15) is 25.7 Å². The number of ether oxygens (including phenoxy) is 1. The molecule has 1 saturated carbocycles. The van der Waals surface area contributed by atoms with E-state index in [-0.39, 0.29) is 18.6 Å². The van der Waals surface area contributed by atoms with Crippen LogP contribution >= 0.6 is 0 Å². The molecule has 2 unspecified atom stereocenters. The van der Waals surface area contributed by atoms with Gasteiger partial charge in [0.25, 0.3) is 5.91 Å². The van der Waals surface area contributed by atoms with E-state index in [1.54, 1.807) is 0 Å². The maximum absolute atomic E-state index is 12.1. The third-order valence-electron chi connectivity index (χ3n) is 4.67. The predicted molar refractivity (Wildman–Crippen MR) is 98.3 cm³/mol. The lowest BCUT2D eigenvalue weighted by Crippen LogP contribution is -2.35. The van der Waals surface area contributed by atoms with Gasteiger partial charge in [0.1, 0.15) is 5.75 Å². The zero-order valence-electron chi connectivity index (χ0n) is 14.4.